The lowest BCUT2D eigenvalue weighted by atomic mass is 10.1. The maximum absolute atomic E-state index is 12.4. The number of hydrogen-bond donors (Lipinski definition) is 0. The molecule has 2 rings (SSSR count). The zero-order chi connectivity index (χ0) is 14.7. The van der Waals surface area contributed by atoms with Crippen LogP contribution in [0.2, 0.25) is 0 Å². The molecule has 1 amide bonds. The van der Waals surface area contributed by atoms with E-state index in [0.29, 0.717) is 12.5 Å². The van der Waals surface area contributed by atoms with E-state index in [1.165, 1.54) is 5.56 Å². The van der Waals surface area contributed by atoms with Gasteiger partial charge in [-0.3, -0.25) is 9.48 Å². The van der Waals surface area contributed by atoms with Crippen LogP contribution < -0.4 is 0 Å². The number of carbonyl (C=O) groups is 1. The molecule has 1 saturated heterocycles. The molecule has 0 aliphatic carbocycles. The van der Waals surface area contributed by atoms with E-state index in [0.717, 1.165) is 38.2 Å². The second-order valence-corrected chi connectivity index (χ2v) is 5.79. The molecule has 112 valence electrons. The average Bonchev–Trinajstić information content (AvgIpc) is 2.76. The molecular weight excluding hydrogens is 252 g/mol. The van der Waals surface area contributed by atoms with Gasteiger partial charge in [-0.05, 0) is 32.4 Å². The third-order valence-electron chi connectivity index (χ3n) is 4.42. The van der Waals surface area contributed by atoms with Crippen LogP contribution in [0.25, 0.3) is 0 Å². The van der Waals surface area contributed by atoms with Crippen molar-refractivity contribution < 1.29 is 4.79 Å². The van der Waals surface area contributed by atoms with E-state index in [4.69, 9.17) is 0 Å². The zero-order valence-electron chi connectivity index (χ0n) is 13.1. The SMILES string of the molecule is CCC1CN(C)CCN1C(=O)CCc1cnn(C)c1C. The molecule has 2 heterocycles. The highest BCUT2D eigenvalue weighted by Gasteiger charge is 2.27. The Bertz CT molecular complexity index is 468. The van der Waals surface area contributed by atoms with Crippen LogP contribution in [0.5, 0.6) is 0 Å². The van der Waals surface area contributed by atoms with Crippen molar-refractivity contribution in [1.82, 2.24) is 19.6 Å². The van der Waals surface area contributed by atoms with Gasteiger partial charge in [0, 0.05) is 44.8 Å². The zero-order valence-corrected chi connectivity index (χ0v) is 13.1. The molecular formula is C15H26N4O. The Morgan fingerprint density at radius 3 is 2.75 bits per heavy atom. The highest BCUT2D eigenvalue weighted by Crippen LogP contribution is 2.15. The largest absolute Gasteiger partial charge is 0.337 e. The Morgan fingerprint density at radius 1 is 1.40 bits per heavy atom. The molecule has 1 fully saturated rings. The monoisotopic (exact) mass is 278 g/mol. The van der Waals surface area contributed by atoms with E-state index in [-0.39, 0.29) is 5.91 Å². The Morgan fingerprint density at radius 2 is 2.15 bits per heavy atom. The van der Waals surface area contributed by atoms with Crippen molar-refractivity contribution in [2.75, 3.05) is 26.7 Å². The average molecular weight is 278 g/mol. The third kappa shape index (κ3) is 3.20. The molecule has 0 radical (unpaired) electrons. The molecule has 1 aromatic rings. The highest BCUT2D eigenvalue weighted by molar-refractivity contribution is 5.77. The molecule has 5 heteroatoms. The Balaban J connectivity index is 1.92. The van der Waals surface area contributed by atoms with E-state index in [2.05, 4.69) is 35.8 Å². The molecule has 5 nitrogen and oxygen atoms in total. The standard InChI is InChI=1S/C15H26N4O/c1-5-14-11-17(3)8-9-19(14)15(20)7-6-13-10-16-18(4)12(13)2/h10,14H,5-9,11H2,1-4H3. The number of nitrogens with zero attached hydrogens (tertiary/aromatic N) is 4. The number of likely N-dealkylation sites (N-methyl/N-ethyl adjacent to an activating group) is 1. The summed E-state index contributed by atoms with van der Waals surface area (Å²) in [7, 11) is 4.07. The first-order valence-corrected chi connectivity index (χ1v) is 7.48. The number of piperazine rings is 1. The molecule has 0 bridgehead atoms. The summed E-state index contributed by atoms with van der Waals surface area (Å²) < 4.78 is 1.87. The Hall–Kier alpha value is -1.36. The third-order valence-corrected chi connectivity index (χ3v) is 4.42. The molecule has 0 N–H and O–H groups in total. The summed E-state index contributed by atoms with van der Waals surface area (Å²) in [5.74, 6) is 0.285. The maximum atomic E-state index is 12.4. The van der Waals surface area contributed by atoms with Crippen molar-refractivity contribution >= 4 is 5.91 Å². The number of rotatable bonds is 4. The van der Waals surface area contributed by atoms with Crippen LogP contribution in [0.1, 0.15) is 31.0 Å². The highest BCUT2D eigenvalue weighted by atomic mass is 16.2. The van der Waals surface area contributed by atoms with Crippen molar-refractivity contribution in [3.05, 3.63) is 17.5 Å². The Kier molecular flexibility index (Phi) is 4.81. The lowest BCUT2D eigenvalue weighted by Crippen LogP contribution is -2.53. The minimum atomic E-state index is 0.285. The van der Waals surface area contributed by atoms with Crippen molar-refractivity contribution in [2.45, 2.75) is 39.2 Å². The number of carbonyl (C=O) groups excluding carboxylic acids is 1. The summed E-state index contributed by atoms with van der Waals surface area (Å²) in [6.07, 6.45) is 4.29. The summed E-state index contributed by atoms with van der Waals surface area (Å²) in [4.78, 5) is 16.8. The van der Waals surface area contributed by atoms with Crippen LogP contribution in [0.15, 0.2) is 6.20 Å². The minimum Gasteiger partial charge on any atom is -0.337 e. The predicted molar refractivity (Wildman–Crippen MR) is 79.6 cm³/mol. The first-order valence-electron chi connectivity index (χ1n) is 7.48. The number of aryl methyl sites for hydroxylation is 2. The molecule has 0 saturated carbocycles. The van der Waals surface area contributed by atoms with E-state index >= 15 is 0 Å². The van der Waals surface area contributed by atoms with Crippen LogP contribution in [0, 0.1) is 6.92 Å². The summed E-state index contributed by atoms with van der Waals surface area (Å²) in [6, 6.07) is 0.372. The lowest BCUT2D eigenvalue weighted by molar-refractivity contribution is -0.135. The van der Waals surface area contributed by atoms with Crippen molar-refractivity contribution in [3.8, 4) is 0 Å². The number of aromatic nitrogens is 2. The van der Waals surface area contributed by atoms with Gasteiger partial charge in [0.05, 0.1) is 6.20 Å². The Labute approximate surface area is 121 Å². The van der Waals surface area contributed by atoms with Gasteiger partial charge in [0.2, 0.25) is 5.91 Å². The normalized spacial score (nSPS) is 20.4. The van der Waals surface area contributed by atoms with Gasteiger partial charge in [-0.25, -0.2) is 0 Å². The summed E-state index contributed by atoms with van der Waals surface area (Å²) in [6.45, 7) is 7.05. The fraction of sp³-hybridized carbons (Fsp3) is 0.733. The van der Waals surface area contributed by atoms with E-state index in [1.807, 2.05) is 17.9 Å². The van der Waals surface area contributed by atoms with Crippen LogP contribution >= 0.6 is 0 Å². The van der Waals surface area contributed by atoms with Gasteiger partial charge in [0.25, 0.3) is 0 Å². The van der Waals surface area contributed by atoms with Crippen molar-refractivity contribution in [2.24, 2.45) is 7.05 Å². The van der Waals surface area contributed by atoms with Gasteiger partial charge < -0.3 is 9.80 Å². The van der Waals surface area contributed by atoms with Crippen molar-refractivity contribution in [3.63, 3.8) is 0 Å². The van der Waals surface area contributed by atoms with Gasteiger partial charge in [0.15, 0.2) is 0 Å². The molecule has 0 spiro atoms. The molecule has 1 aliphatic heterocycles. The number of amides is 1. The smallest absolute Gasteiger partial charge is 0.223 e. The van der Waals surface area contributed by atoms with E-state index < -0.39 is 0 Å². The molecule has 20 heavy (non-hydrogen) atoms. The van der Waals surface area contributed by atoms with Gasteiger partial charge in [0.1, 0.15) is 0 Å². The predicted octanol–water partition coefficient (Wildman–Crippen LogP) is 1.21. The first kappa shape index (κ1) is 15.0. The molecule has 1 aliphatic rings. The second kappa shape index (κ2) is 6.39. The number of hydrogen-bond acceptors (Lipinski definition) is 3. The van der Waals surface area contributed by atoms with E-state index in [9.17, 15) is 4.79 Å². The minimum absolute atomic E-state index is 0.285. The summed E-state index contributed by atoms with van der Waals surface area (Å²) >= 11 is 0. The van der Waals surface area contributed by atoms with Gasteiger partial charge in [-0.15, -0.1) is 0 Å². The summed E-state index contributed by atoms with van der Waals surface area (Å²) in [5.41, 5.74) is 2.34. The van der Waals surface area contributed by atoms with Gasteiger partial charge in [-0.2, -0.15) is 5.10 Å². The first-order chi connectivity index (χ1) is 9.52. The lowest BCUT2D eigenvalue weighted by Gasteiger charge is -2.39. The van der Waals surface area contributed by atoms with Crippen molar-refractivity contribution in [1.29, 1.82) is 0 Å². The van der Waals surface area contributed by atoms with Crippen LogP contribution in [0.4, 0.5) is 0 Å². The van der Waals surface area contributed by atoms with Crippen LogP contribution in [-0.2, 0) is 18.3 Å². The molecule has 1 atom stereocenters. The fourth-order valence-electron chi connectivity index (χ4n) is 2.86. The van der Waals surface area contributed by atoms with Gasteiger partial charge >= 0.3 is 0 Å². The van der Waals surface area contributed by atoms with Crippen LogP contribution in [0.3, 0.4) is 0 Å². The summed E-state index contributed by atoms with van der Waals surface area (Å²) in [5, 5.41) is 4.23. The quantitative estimate of drug-likeness (QED) is 0.831. The molecule has 0 aromatic carbocycles. The fourth-order valence-corrected chi connectivity index (χ4v) is 2.86. The molecule has 1 aromatic heterocycles. The topological polar surface area (TPSA) is 41.4 Å². The molecule has 1 unspecified atom stereocenters. The van der Waals surface area contributed by atoms with Crippen LogP contribution in [-0.4, -0.2) is 58.2 Å². The van der Waals surface area contributed by atoms with Gasteiger partial charge in [-0.1, -0.05) is 6.92 Å². The maximum Gasteiger partial charge on any atom is 0.223 e. The van der Waals surface area contributed by atoms with E-state index in [1.54, 1.807) is 0 Å². The second-order valence-electron chi connectivity index (χ2n) is 5.79.